The van der Waals surface area contributed by atoms with Gasteiger partial charge < -0.3 is 4.74 Å². The van der Waals surface area contributed by atoms with Gasteiger partial charge in [0.25, 0.3) is 0 Å². The van der Waals surface area contributed by atoms with E-state index in [1.807, 2.05) is 42.5 Å². The molecular weight excluding hydrogens is 278 g/mol. The number of para-hydroxylation sites is 3. The number of hydrogen-bond donors (Lipinski definition) is 0. The number of imidazole rings is 1. The molecule has 0 aliphatic heterocycles. The molecule has 0 N–H and O–H groups in total. The Labute approximate surface area is 125 Å². The van der Waals surface area contributed by atoms with Crippen LogP contribution in [-0.4, -0.2) is 20.3 Å². The third kappa shape index (κ3) is 2.00. The molecular formula is C17H11N3O2. The van der Waals surface area contributed by atoms with Gasteiger partial charge in [0.05, 0.1) is 28.9 Å². The molecule has 0 amide bonds. The summed E-state index contributed by atoms with van der Waals surface area (Å²) in [5.41, 5.74) is 2.36. The summed E-state index contributed by atoms with van der Waals surface area (Å²) in [5, 5.41) is 0. The zero-order chi connectivity index (χ0) is 14.9. The van der Waals surface area contributed by atoms with Crippen molar-refractivity contribution in [2.24, 2.45) is 0 Å². The molecule has 4 aromatic rings. The average molecular weight is 289 g/mol. The molecule has 5 nitrogen and oxygen atoms in total. The third-order valence-electron chi connectivity index (χ3n) is 3.38. The van der Waals surface area contributed by atoms with Gasteiger partial charge >= 0.3 is 5.97 Å². The number of carbonyl (C=O) groups is 1. The van der Waals surface area contributed by atoms with Gasteiger partial charge in [0.1, 0.15) is 5.75 Å². The standard InChI is InChI=1S/C17H11N3O2/c21-17(22-13-6-2-1-3-7-13)16-19-11-12-10-18-14-8-4-5-9-15(14)20(12)16/h1-11H. The quantitative estimate of drug-likeness (QED) is 0.420. The van der Waals surface area contributed by atoms with Crippen LogP contribution in [0.4, 0.5) is 0 Å². The van der Waals surface area contributed by atoms with Gasteiger partial charge in [0.2, 0.25) is 5.82 Å². The first-order valence-corrected chi connectivity index (χ1v) is 6.81. The molecule has 0 spiro atoms. The van der Waals surface area contributed by atoms with E-state index in [0.717, 1.165) is 16.6 Å². The number of aromatic nitrogens is 3. The van der Waals surface area contributed by atoms with E-state index in [4.69, 9.17) is 4.74 Å². The van der Waals surface area contributed by atoms with Crippen molar-refractivity contribution in [3.05, 3.63) is 72.8 Å². The Hall–Kier alpha value is -3.21. The van der Waals surface area contributed by atoms with Gasteiger partial charge in [-0.2, -0.15) is 0 Å². The molecule has 0 radical (unpaired) electrons. The van der Waals surface area contributed by atoms with Crippen LogP contribution in [0.2, 0.25) is 0 Å². The van der Waals surface area contributed by atoms with Crippen molar-refractivity contribution in [1.82, 2.24) is 14.4 Å². The van der Waals surface area contributed by atoms with Crippen molar-refractivity contribution in [3.63, 3.8) is 0 Å². The second kappa shape index (κ2) is 4.96. The molecule has 0 aliphatic rings. The zero-order valence-electron chi connectivity index (χ0n) is 11.5. The monoisotopic (exact) mass is 289 g/mol. The number of hydrogen-bond acceptors (Lipinski definition) is 4. The Kier molecular flexibility index (Phi) is 2.83. The maximum atomic E-state index is 12.4. The molecule has 2 heterocycles. The van der Waals surface area contributed by atoms with Gasteiger partial charge in [-0.1, -0.05) is 30.3 Å². The van der Waals surface area contributed by atoms with Crippen LogP contribution < -0.4 is 4.74 Å². The van der Waals surface area contributed by atoms with E-state index in [0.29, 0.717) is 5.75 Å². The fourth-order valence-corrected chi connectivity index (χ4v) is 2.39. The van der Waals surface area contributed by atoms with Gasteiger partial charge in [0.15, 0.2) is 0 Å². The third-order valence-corrected chi connectivity index (χ3v) is 3.38. The summed E-state index contributed by atoms with van der Waals surface area (Å²) in [6, 6.07) is 16.5. The maximum Gasteiger partial charge on any atom is 0.380 e. The predicted octanol–water partition coefficient (Wildman–Crippen LogP) is 3.10. The molecule has 4 rings (SSSR count). The van der Waals surface area contributed by atoms with E-state index in [1.165, 1.54) is 0 Å². The summed E-state index contributed by atoms with van der Waals surface area (Å²) in [6.07, 6.45) is 3.30. The Balaban J connectivity index is 1.85. The Bertz CT molecular complexity index is 977. The van der Waals surface area contributed by atoms with E-state index >= 15 is 0 Å². The smallest absolute Gasteiger partial charge is 0.380 e. The molecule has 22 heavy (non-hydrogen) atoms. The minimum absolute atomic E-state index is 0.234. The second-order valence-corrected chi connectivity index (χ2v) is 4.79. The van der Waals surface area contributed by atoms with Crippen LogP contribution >= 0.6 is 0 Å². The first kappa shape index (κ1) is 12.5. The minimum atomic E-state index is -0.498. The maximum absolute atomic E-state index is 12.4. The van der Waals surface area contributed by atoms with Crippen LogP contribution in [0.3, 0.4) is 0 Å². The van der Waals surface area contributed by atoms with Crippen molar-refractivity contribution in [1.29, 1.82) is 0 Å². The molecule has 0 atom stereocenters. The normalized spacial score (nSPS) is 10.9. The van der Waals surface area contributed by atoms with Crippen molar-refractivity contribution in [2.45, 2.75) is 0 Å². The van der Waals surface area contributed by atoms with Crippen molar-refractivity contribution in [3.8, 4) is 5.75 Å². The molecule has 106 valence electrons. The Morgan fingerprint density at radius 3 is 2.50 bits per heavy atom. The molecule has 2 aromatic heterocycles. The number of nitrogens with zero attached hydrogens (tertiary/aromatic N) is 3. The molecule has 0 saturated heterocycles. The minimum Gasteiger partial charge on any atom is -0.421 e. The topological polar surface area (TPSA) is 56.5 Å². The van der Waals surface area contributed by atoms with Gasteiger partial charge in [-0.05, 0) is 24.3 Å². The average Bonchev–Trinajstić information content (AvgIpc) is 3.00. The van der Waals surface area contributed by atoms with Crippen molar-refractivity contribution in [2.75, 3.05) is 0 Å². The van der Waals surface area contributed by atoms with E-state index < -0.39 is 5.97 Å². The SMILES string of the molecule is O=C(Oc1ccccc1)c1ncc2cnc3ccccc3n12. The Morgan fingerprint density at radius 1 is 0.909 bits per heavy atom. The van der Waals surface area contributed by atoms with Crippen LogP contribution in [0, 0.1) is 0 Å². The van der Waals surface area contributed by atoms with E-state index in [-0.39, 0.29) is 5.82 Å². The van der Waals surface area contributed by atoms with E-state index in [9.17, 15) is 4.79 Å². The lowest BCUT2D eigenvalue weighted by Crippen LogP contribution is -2.13. The van der Waals surface area contributed by atoms with Crippen LogP contribution in [0.1, 0.15) is 10.6 Å². The van der Waals surface area contributed by atoms with E-state index in [1.54, 1.807) is 28.9 Å². The fraction of sp³-hybridized carbons (Fsp3) is 0. The molecule has 2 aromatic carbocycles. The van der Waals surface area contributed by atoms with Crippen LogP contribution in [-0.2, 0) is 0 Å². The summed E-state index contributed by atoms with van der Waals surface area (Å²) >= 11 is 0. The molecule has 0 aliphatic carbocycles. The zero-order valence-corrected chi connectivity index (χ0v) is 11.5. The highest BCUT2D eigenvalue weighted by Crippen LogP contribution is 2.18. The fourth-order valence-electron chi connectivity index (χ4n) is 2.39. The molecule has 5 heteroatoms. The van der Waals surface area contributed by atoms with Crippen LogP contribution in [0.5, 0.6) is 5.75 Å². The number of fused-ring (bicyclic) bond motifs is 3. The summed E-state index contributed by atoms with van der Waals surface area (Å²) in [5.74, 6) is 0.225. The van der Waals surface area contributed by atoms with Gasteiger partial charge in [-0.3, -0.25) is 9.38 Å². The molecule has 0 saturated carbocycles. The van der Waals surface area contributed by atoms with Gasteiger partial charge in [-0.15, -0.1) is 0 Å². The number of benzene rings is 2. The van der Waals surface area contributed by atoms with Gasteiger partial charge in [-0.25, -0.2) is 9.78 Å². The lowest BCUT2D eigenvalue weighted by Gasteiger charge is -2.06. The molecule has 0 bridgehead atoms. The summed E-state index contributed by atoms with van der Waals surface area (Å²) in [6.45, 7) is 0. The van der Waals surface area contributed by atoms with Crippen LogP contribution in [0.15, 0.2) is 67.0 Å². The summed E-state index contributed by atoms with van der Waals surface area (Å²) in [7, 11) is 0. The Morgan fingerprint density at radius 2 is 1.64 bits per heavy atom. The molecule has 0 unspecified atom stereocenters. The number of esters is 1. The first-order valence-electron chi connectivity index (χ1n) is 6.81. The summed E-state index contributed by atoms with van der Waals surface area (Å²) in [4.78, 5) is 20.9. The number of carbonyl (C=O) groups excluding carboxylic acids is 1. The predicted molar refractivity (Wildman–Crippen MR) is 81.9 cm³/mol. The number of ether oxygens (including phenoxy) is 1. The first-order chi connectivity index (χ1) is 10.8. The largest absolute Gasteiger partial charge is 0.421 e. The van der Waals surface area contributed by atoms with Crippen LogP contribution in [0.25, 0.3) is 16.6 Å². The lowest BCUT2D eigenvalue weighted by molar-refractivity contribution is 0.0721. The van der Waals surface area contributed by atoms with E-state index in [2.05, 4.69) is 9.97 Å². The highest BCUT2D eigenvalue weighted by atomic mass is 16.5. The van der Waals surface area contributed by atoms with Gasteiger partial charge in [0, 0.05) is 0 Å². The highest BCUT2D eigenvalue weighted by molar-refractivity contribution is 5.91. The summed E-state index contributed by atoms with van der Waals surface area (Å²) < 4.78 is 7.13. The van der Waals surface area contributed by atoms with Crippen molar-refractivity contribution >= 4 is 22.5 Å². The number of rotatable bonds is 2. The lowest BCUT2D eigenvalue weighted by atomic mass is 10.3. The van der Waals surface area contributed by atoms with Crippen molar-refractivity contribution < 1.29 is 9.53 Å². The highest BCUT2D eigenvalue weighted by Gasteiger charge is 2.17. The molecule has 0 fully saturated rings. The second-order valence-electron chi connectivity index (χ2n) is 4.79.